The molecule has 1 saturated heterocycles. The third-order valence-electron chi connectivity index (χ3n) is 5.91. The fourth-order valence-electron chi connectivity index (χ4n) is 4.32. The average molecular weight is 479 g/mol. The van der Waals surface area contributed by atoms with E-state index in [4.69, 9.17) is 4.74 Å². The summed E-state index contributed by atoms with van der Waals surface area (Å²) >= 11 is 0. The van der Waals surface area contributed by atoms with Gasteiger partial charge in [-0.2, -0.15) is 5.10 Å². The first-order chi connectivity index (χ1) is 16.6. The largest absolute Gasteiger partial charge is 0.444 e. The van der Waals surface area contributed by atoms with Gasteiger partial charge in [-0.25, -0.2) is 13.9 Å². The molecule has 7 nitrogen and oxygen atoms in total. The van der Waals surface area contributed by atoms with Gasteiger partial charge >= 0.3 is 6.09 Å². The number of nitrogens with zero attached hydrogens (tertiary/aromatic N) is 3. The van der Waals surface area contributed by atoms with Gasteiger partial charge in [0, 0.05) is 24.7 Å². The number of aryl methyl sites for hydroxylation is 1. The molecule has 8 heteroatoms. The summed E-state index contributed by atoms with van der Waals surface area (Å²) in [4.78, 5) is 27.5. The molecule has 0 unspecified atom stereocenters. The van der Waals surface area contributed by atoms with Crippen LogP contribution in [-0.4, -0.2) is 45.4 Å². The zero-order chi connectivity index (χ0) is 25.2. The number of likely N-dealkylation sites (tertiary alicyclic amines) is 1. The van der Waals surface area contributed by atoms with Crippen LogP contribution in [0.4, 0.5) is 14.9 Å². The lowest BCUT2D eigenvalue weighted by atomic mass is 9.90. The molecule has 2 amide bonds. The Morgan fingerprint density at radius 1 is 1.09 bits per heavy atom. The van der Waals surface area contributed by atoms with E-state index in [0.29, 0.717) is 37.2 Å². The molecule has 0 bridgehead atoms. The minimum Gasteiger partial charge on any atom is -0.444 e. The molecule has 184 valence electrons. The summed E-state index contributed by atoms with van der Waals surface area (Å²) in [6.45, 7) is 8.58. The predicted molar refractivity (Wildman–Crippen MR) is 132 cm³/mol. The second-order valence-electron chi connectivity index (χ2n) is 9.90. The van der Waals surface area contributed by atoms with Crippen molar-refractivity contribution in [2.45, 2.75) is 52.1 Å². The van der Waals surface area contributed by atoms with E-state index in [2.05, 4.69) is 10.4 Å². The van der Waals surface area contributed by atoms with Crippen molar-refractivity contribution in [1.82, 2.24) is 14.7 Å². The minimum atomic E-state index is -0.556. The smallest absolute Gasteiger partial charge is 0.410 e. The van der Waals surface area contributed by atoms with Crippen molar-refractivity contribution in [1.29, 1.82) is 0 Å². The number of aromatic nitrogens is 2. The Morgan fingerprint density at radius 3 is 2.46 bits per heavy atom. The summed E-state index contributed by atoms with van der Waals surface area (Å²) in [6.07, 6.45) is 2.56. The van der Waals surface area contributed by atoms with Crippen molar-refractivity contribution in [3.63, 3.8) is 0 Å². The molecule has 0 radical (unpaired) electrons. The summed E-state index contributed by atoms with van der Waals surface area (Å²) < 4.78 is 21.0. The maximum atomic E-state index is 13.6. The highest BCUT2D eigenvalue weighted by atomic mass is 19.1. The van der Waals surface area contributed by atoms with Crippen LogP contribution in [0.25, 0.3) is 5.69 Å². The minimum absolute atomic E-state index is 0.00459. The van der Waals surface area contributed by atoms with E-state index in [9.17, 15) is 14.0 Å². The number of anilines is 1. The zero-order valence-electron chi connectivity index (χ0n) is 20.5. The Kier molecular flexibility index (Phi) is 6.91. The fourth-order valence-corrected chi connectivity index (χ4v) is 4.32. The number of nitrogens with one attached hydrogen (secondary N) is 1. The van der Waals surface area contributed by atoms with Gasteiger partial charge in [0.1, 0.15) is 11.4 Å². The molecule has 35 heavy (non-hydrogen) atoms. The SMILES string of the molecule is Cc1cccc(-n2ncc(C(=O)Nc3cccc(F)c3)c2C2CCN(C(=O)OC(C)(C)C)CC2)c1. The lowest BCUT2D eigenvalue weighted by Gasteiger charge is -2.34. The third-order valence-corrected chi connectivity index (χ3v) is 5.91. The number of benzene rings is 2. The van der Waals surface area contributed by atoms with Crippen LogP contribution in [0.1, 0.15) is 61.1 Å². The Morgan fingerprint density at radius 2 is 1.80 bits per heavy atom. The zero-order valence-corrected chi connectivity index (χ0v) is 20.5. The molecule has 1 N–H and O–H groups in total. The fraction of sp³-hybridized carbons (Fsp3) is 0.370. The topological polar surface area (TPSA) is 76.5 Å². The van der Waals surface area contributed by atoms with E-state index in [1.165, 1.54) is 12.1 Å². The number of hydrogen-bond acceptors (Lipinski definition) is 4. The second kappa shape index (κ2) is 9.90. The molecule has 1 aromatic heterocycles. The van der Waals surface area contributed by atoms with Crippen LogP contribution in [0.3, 0.4) is 0 Å². The number of ether oxygens (including phenoxy) is 1. The van der Waals surface area contributed by atoms with Crippen LogP contribution in [0, 0.1) is 12.7 Å². The summed E-state index contributed by atoms with van der Waals surface area (Å²) in [5.74, 6) is -0.767. The van der Waals surface area contributed by atoms with Crippen molar-refractivity contribution in [2.24, 2.45) is 0 Å². The molecule has 4 rings (SSSR count). The van der Waals surface area contributed by atoms with Gasteiger partial charge in [0.05, 0.1) is 23.1 Å². The summed E-state index contributed by atoms with van der Waals surface area (Å²) in [5.41, 5.74) is 2.98. The maximum absolute atomic E-state index is 13.6. The van der Waals surface area contributed by atoms with Gasteiger partial charge in [-0.05, 0) is 76.4 Å². The van der Waals surface area contributed by atoms with Gasteiger partial charge in [0.25, 0.3) is 5.91 Å². The first-order valence-electron chi connectivity index (χ1n) is 11.8. The lowest BCUT2D eigenvalue weighted by Crippen LogP contribution is -2.41. The Labute approximate surface area is 204 Å². The molecule has 2 heterocycles. The molecule has 2 aromatic carbocycles. The van der Waals surface area contributed by atoms with Crippen molar-refractivity contribution in [3.05, 3.63) is 77.4 Å². The molecule has 1 aliphatic heterocycles. The second-order valence-corrected chi connectivity index (χ2v) is 9.90. The third kappa shape index (κ3) is 5.88. The van der Waals surface area contributed by atoms with Crippen LogP contribution in [-0.2, 0) is 4.74 Å². The van der Waals surface area contributed by atoms with Gasteiger partial charge in [-0.1, -0.05) is 18.2 Å². The van der Waals surface area contributed by atoms with Crippen molar-refractivity contribution in [2.75, 3.05) is 18.4 Å². The standard InChI is InChI=1S/C27H31FN4O3/c1-18-7-5-10-22(15-18)32-24(19-11-13-31(14-12-19)26(34)35-27(2,3)4)23(17-29-32)25(33)30-21-9-6-8-20(28)16-21/h5-10,15-17,19H,11-14H2,1-4H3,(H,30,33). The summed E-state index contributed by atoms with van der Waals surface area (Å²) in [5, 5.41) is 7.35. The van der Waals surface area contributed by atoms with Gasteiger partial charge in [-0.3, -0.25) is 4.79 Å². The number of carbonyl (C=O) groups is 2. The molecule has 1 fully saturated rings. The van der Waals surface area contributed by atoms with Crippen LogP contribution in [0.15, 0.2) is 54.7 Å². The van der Waals surface area contributed by atoms with Crippen LogP contribution in [0.5, 0.6) is 0 Å². The normalized spacial score (nSPS) is 14.6. The lowest BCUT2D eigenvalue weighted by molar-refractivity contribution is 0.0203. The van der Waals surface area contributed by atoms with Crippen molar-refractivity contribution < 1.29 is 18.7 Å². The van der Waals surface area contributed by atoms with Gasteiger partial charge in [-0.15, -0.1) is 0 Å². The number of carbonyl (C=O) groups excluding carboxylic acids is 2. The summed E-state index contributed by atoms with van der Waals surface area (Å²) in [6, 6.07) is 13.7. The molecule has 0 atom stereocenters. The van der Waals surface area contributed by atoms with E-state index >= 15 is 0 Å². The van der Waals surface area contributed by atoms with Gasteiger partial charge in [0.15, 0.2) is 0 Å². The Bertz CT molecular complexity index is 1220. The number of piperidine rings is 1. The highest BCUT2D eigenvalue weighted by Gasteiger charge is 2.32. The van der Waals surface area contributed by atoms with E-state index < -0.39 is 11.4 Å². The first kappa shape index (κ1) is 24.4. The predicted octanol–water partition coefficient (Wildman–Crippen LogP) is 5.69. The monoisotopic (exact) mass is 478 g/mol. The number of halogens is 1. The number of amides is 2. The molecule has 1 aliphatic rings. The van der Waals surface area contributed by atoms with E-state index in [0.717, 1.165) is 16.9 Å². The van der Waals surface area contributed by atoms with Crippen LogP contribution in [0.2, 0.25) is 0 Å². The molecular formula is C27H31FN4O3. The summed E-state index contributed by atoms with van der Waals surface area (Å²) in [7, 11) is 0. The van der Waals surface area contributed by atoms with E-state index in [1.807, 2.05) is 52.0 Å². The quantitative estimate of drug-likeness (QED) is 0.523. The maximum Gasteiger partial charge on any atom is 0.410 e. The molecule has 0 saturated carbocycles. The van der Waals surface area contributed by atoms with Crippen molar-refractivity contribution >= 4 is 17.7 Å². The van der Waals surface area contributed by atoms with Crippen LogP contribution < -0.4 is 5.32 Å². The number of rotatable bonds is 4. The average Bonchev–Trinajstić information content (AvgIpc) is 3.23. The first-order valence-corrected chi connectivity index (χ1v) is 11.8. The molecule has 3 aromatic rings. The van der Waals surface area contributed by atoms with Crippen molar-refractivity contribution in [3.8, 4) is 5.69 Å². The molecule has 0 aliphatic carbocycles. The highest BCUT2D eigenvalue weighted by Crippen LogP contribution is 2.33. The van der Waals surface area contributed by atoms with E-state index in [-0.39, 0.29) is 17.9 Å². The molecule has 0 spiro atoms. The van der Waals surface area contributed by atoms with Gasteiger partial charge < -0.3 is 15.0 Å². The number of hydrogen-bond donors (Lipinski definition) is 1. The Hall–Kier alpha value is -3.68. The van der Waals surface area contributed by atoms with E-state index in [1.54, 1.807) is 27.9 Å². The highest BCUT2D eigenvalue weighted by molar-refractivity contribution is 6.05. The molecular weight excluding hydrogens is 447 g/mol. The Balaban J connectivity index is 1.62. The van der Waals surface area contributed by atoms with Crippen LogP contribution >= 0.6 is 0 Å². The van der Waals surface area contributed by atoms with Gasteiger partial charge in [0.2, 0.25) is 0 Å².